The summed E-state index contributed by atoms with van der Waals surface area (Å²) in [7, 11) is 1.49. The van der Waals surface area contributed by atoms with Crippen molar-refractivity contribution in [3.63, 3.8) is 0 Å². The summed E-state index contributed by atoms with van der Waals surface area (Å²) in [5.41, 5.74) is 1.01. The van der Waals surface area contributed by atoms with Crippen molar-refractivity contribution < 1.29 is 9.59 Å². The van der Waals surface area contributed by atoms with Gasteiger partial charge in [0.2, 0.25) is 19.8 Å². The van der Waals surface area contributed by atoms with Crippen LogP contribution in [0.15, 0.2) is 24.3 Å². The maximum atomic E-state index is 11.3. The average molecular weight is 159 g/mol. The van der Waals surface area contributed by atoms with Gasteiger partial charge in [-0.1, -0.05) is 12.1 Å². The molecule has 0 radical (unpaired) electrons. The zero-order chi connectivity index (χ0) is 8.72. The summed E-state index contributed by atoms with van der Waals surface area (Å²) in [5, 5.41) is 0. The molecule has 0 unspecified atom stereocenters. The van der Waals surface area contributed by atoms with Crippen molar-refractivity contribution in [2.45, 2.75) is 0 Å². The Hall–Kier alpha value is -1.58. The van der Waals surface area contributed by atoms with E-state index in [1.807, 2.05) is 0 Å². The van der Waals surface area contributed by atoms with Crippen LogP contribution in [0, 0.1) is 0 Å². The fourth-order valence-corrected chi connectivity index (χ4v) is 1.31. The number of benzene rings is 1. The number of imide groups is 1. The highest BCUT2D eigenvalue weighted by Gasteiger charge is 2.30. The number of nitrogens with zero attached hydrogens (tertiary/aromatic N) is 1. The Balaban J connectivity index is 2.67. The van der Waals surface area contributed by atoms with E-state index in [-0.39, 0.29) is 11.8 Å². The Bertz CT molecular complexity index is 340. The van der Waals surface area contributed by atoms with Gasteiger partial charge in [-0.15, -0.1) is 0 Å². The Labute approximate surface area is 70.4 Å². The second-order valence-electron chi connectivity index (χ2n) is 2.71. The molecule has 2 rings (SSSR count). The van der Waals surface area contributed by atoms with Crippen molar-refractivity contribution in [1.82, 2.24) is 4.81 Å². The van der Waals surface area contributed by atoms with Gasteiger partial charge in [-0.2, -0.15) is 0 Å². The van der Waals surface area contributed by atoms with Crippen LogP contribution in [0.2, 0.25) is 0 Å². The first-order valence-corrected chi connectivity index (χ1v) is 3.63. The molecular formula is C8H6BNO2. The van der Waals surface area contributed by atoms with Crippen molar-refractivity contribution in [1.29, 1.82) is 0 Å². The second kappa shape index (κ2) is 2.20. The molecule has 0 spiro atoms. The van der Waals surface area contributed by atoms with Gasteiger partial charge in [0, 0.05) is 0 Å². The van der Waals surface area contributed by atoms with Gasteiger partial charge in [0.05, 0.1) is 11.1 Å². The molecule has 0 aromatic heterocycles. The molecule has 1 aromatic rings. The second-order valence-corrected chi connectivity index (χ2v) is 2.71. The maximum absolute atomic E-state index is 11.3. The molecule has 0 atom stereocenters. The summed E-state index contributed by atoms with van der Waals surface area (Å²) < 4.78 is 0. The molecule has 0 bridgehead atoms. The largest absolute Gasteiger partial charge is 0.328 e. The minimum Gasteiger partial charge on any atom is -0.328 e. The number of carbonyl (C=O) groups excluding carboxylic acids is 2. The molecule has 3 nitrogen and oxygen atoms in total. The van der Waals surface area contributed by atoms with Gasteiger partial charge in [0.25, 0.3) is 0 Å². The lowest BCUT2D eigenvalue weighted by Gasteiger charge is -2.03. The third-order valence-corrected chi connectivity index (χ3v) is 2.00. The third-order valence-electron chi connectivity index (χ3n) is 2.00. The van der Waals surface area contributed by atoms with Gasteiger partial charge in [0.15, 0.2) is 0 Å². The Morgan fingerprint density at radius 3 is 1.83 bits per heavy atom. The predicted molar refractivity (Wildman–Crippen MR) is 45.5 cm³/mol. The highest BCUT2D eigenvalue weighted by atomic mass is 16.2. The highest BCUT2D eigenvalue weighted by molar-refractivity contribution is 6.36. The van der Waals surface area contributed by atoms with Crippen molar-refractivity contribution >= 4 is 19.8 Å². The van der Waals surface area contributed by atoms with Crippen molar-refractivity contribution in [2.24, 2.45) is 0 Å². The van der Waals surface area contributed by atoms with Crippen LogP contribution in [-0.2, 0) is 0 Å². The number of rotatable bonds is 0. The molecule has 0 fully saturated rings. The Morgan fingerprint density at radius 1 is 1.00 bits per heavy atom. The van der Waals surface area contributed by atoms with Crippen molar-refractivity contribution in [3.05, 3.63) is 35.4 Å². The van der Waals surface area contributed by atoms with E-state index >= 15 is 0 Å². The molecule has 1 heterocycles. The summed E-state index contributed by atoms with van der Waals surface area (Å²) in [4.78, 5) is 23.8. The lowest BCUT2D eigenvalue weighted by molar-refractivity contribution is 0.0766. The highest BCUT2D eigenvalue weighted by Crippen LogP contribution is 2.19. The summed E-state index contributed by atoms with van der Waals surface area (Å²) >= 11 is 0. The van der Waals surface area contributed by atoms with Crippen molar-refractivity contribution in [3.8, 4) is 0 Å². The zero-order valence-corrected chi connectivity index (χ0v) is 6.57. The first-order valence-electron chi connectivity index (χ1n) is 3.63. The minimum atomic E-state index is -0.212. The van der Waals surface area contributed by atoms with Gasteiger partial charge >= 0.3 is 0 Å². The van der Waals surface area contributed by atoms with E-state index in [2.05, 4.69) is 0 Å². The molecule has 12 heavy (non-hydrogen) atoms. The number of hydrogen-bond acceptors (Lipinski definition) is 2. The fourth-order valence-electron chi connectivity index (χ4n) is 1.31. The molecule has 2 amide bonds. The van der Waals surface area contributed by atoms with E-state index in [9.17, 15) is 9.59 Å². The topological polar surface area (TPSA) is 37.4 Å². The molecule has 0 saturated heterocycles. The van der Waals surface area contributed by atoms with Crippen LogP contribution in [-0.4, -0.2) is 24.6 Å². The quantitative estimate of drug-likeness (QED) is 0.389. The molecule has 0 saturated carbocycles. The van der Waals surface area contributed by atoms with Gasteiger partial charge in [-0.25, -0.2) is 0 Å². The van der Waals surface area contributed by atoms with Crippen LogP contribution in [0.4, 0.5) is 0 Å². The third kappa shape index (κ3) is 0.719. The van der Waals surface area contributed by atoms with E-state index in [1.165, 1.54) is 7.98 Å². The van der Waals surface area contributed by atoms with Gasteiger partial charge in [-0.05, 0) is 12.1 Å². The molecular weight excluding hydrogens is 153 g/mol. The van der Waals surface area contributed by atoms with E-state index < -0.39 is 0 Å². The Morgan fingerprint density at radius 2 is 1.42 bits per heavy atom. The minimum absolute atomic E-state index is 0.212. The zero-order valence-electron chi connectivity index (χ0n) is 6.57. The van der Waals surface area contributed by atoms with Gasteiger partial charge < -0.3 is 4.81 Å². The van der Waals surface area contributed by atoms with E-state index in [0.717, 1.165) is 4.81 Å². The normalized spacial score (nSPS) is 15.2. The lowest BCUT2D eigenvalue weighted by Crippen LogP contribution is -2.26. The van der Waals surface area contributed by atoms with Crippen LogP contribution in [0.5, 0.6) is 0 Å². The number of carbonyl (C=O) groups is 2. The summed E-state index contributed by atoms with van der Waals surface area (Å²) in [6, 6.07) is 6.84. The summed E-state index contributed by atoms with van der Waals surface area (Å²) in [6.07, 6.45) is 0. The van der Waals surface area contributed by atoms with E-state index in [0.29, 0.717) is 11.1 Å². The first kappa shape index (κ1) is 7.09. The SMILES string of the molecule is BN1C(=O)c2ccccc2C1=O. The molecule has 0 aliphatic carbocycles. The summed E-state index contributed by atoms with van der Waals surface area (Å²) in [5.74, 6) is -0.425. The van der Waals surface area contributed by atoms with E-state index in [4.69, 9.17) is 0 Å². The smallest absolute Gasteiger partial charge is 0.248 e. The number of fused-ring (bicyclic) bond motifs is 1. The fraction of sp³-hybridized carbons (Fsp3) is 0. The number of amides is 2. The molecule has 4 heteroatoms. The monoisotopic (exact) mass is 159 g/mol. The maximum Gasteiger partial charge on any atom is 0.248 e. The summed E-state index contributed by atoms with van der Waals surface area (Å²) in [6.45, 7) is 0. The van der Waals surface area contributed by atoms with E-state index in [1.54, 1.807) is 24.3 Å². The first-order chi connectivity index (χ1) is 5.72. The van der Waals surface area contributed by atoms with Crippen LogP contribution >= 0.6 is 0 Å². The molecule has 0 N–H and O–H groups in total. The average Bonchev–Trinajstić information content (AvgIpc) is 2.33. The molecule has 1 aliphatic rings. The van der Waals surface area contributed by atoms with Crippen LogP contribution in [0.25, 0.3) is 0 Å². The molecule has 58 valence electrons. The Kier molecular flexibility index (Phi) is 1.30. The standard InChI is InChI=1S/C8H6BNO2/c9-10-7(11)5-3-1-2-4-6(5)8(10)12/h1-4H,9H2. The van der Waals surface area contributed by atoms with Gasteiger partial charge in [0.1, 0.15) is 0 Å². The van der Waals surface area contributed by atoms with Crippen LogP contribution < -0.4 is 0 Å². The van der Waals surface area contributed by atoms with Gasteiger partial charge in [-0.3, -0.25) is 9.59 Å². The molecule has 1 aromatic carbocycles. The predicted octanol–water partition coefficient (Wildman–Crippen LogP) is -0.169. The molecule has 1 aliphatic heterocycles. The van der Waals surface area contributed by atoms with Crippen LogP contribution in [0.1, 0.15) is 20.7 Å². The van der Waals surface area contributed by atoms with Crippen LogP contribution in [0.3, 0.4) is 0 Å². The number of hydrogen-bond donors (Lipinski definition) is 0. The van der Waals surface area contributed by atoms with Crippen molar-refractivity contribution in [2.75, 3.05) is 0 Å². The lowest BCUT2D eigenvalue weighted by atomic mass is 10.1.